The Morgan fingerprint density at radius 2 is 2.21 bits per heavy atom. The van der Waals surface area contributed by atoms with Gasteiger partial charge in [0, 0.05) is 32.1 Å². The van der Waals surface area contributed by atoms with Gasteiger partial charge in [-0.3, -0.25) is 4.79 Å². The van der Waals surface area contributed by atoms with Crippen LogP contribution in [0.15, 0.2) is 43.0 Å². The monoisotopic (exact) mass is 326 g/mol. The molecule has 0 bridgehead atoms. The molecule has 0 radical (unpaired) electrons. The molecular formula is C18H22N4O2. The first-order valence-electron chi connectivity index (χ1n) is 8.03. The van der Waals surface area contributed by atoms with Crippen molar-refractivity contribution in [3.63, 3.8) is 0 Å². The van der Waals surface area contributed by atoms with Crippen LogP contribution in [0.2, 0.25) is 0 Å². The van der Waals surface area contributed by atoms with E-state index in [1.54, 1.807) is 7.11 Å². The first-order valence-corrected chi connectivity index (χ1v) is 8.03. The van der Waals surface area contributed by atoms with Crippen molar-refractivity contribution in [2.24, 2.45) is 0 Å². The van der Waals surface area contributed by atoms with E-state index in [0.717, 1.165) is 16.9 Å². The minimum atomic E-state index is -0.106. The fourth-order valence-corrected chi connectivity index (χ4v) is 2.65. The van der Waals surface area contributed by atoms with Crippen LogP contribution in [0.5, 0.6) is 0 Å². The molecule has 0 spiro atoms. The summed E-state index contributed by atoms with van der Waals surface area (Å²) in [6.07, 6.45) is 5.78. The standard InChI is InChI=1S/C18H22N4O2/c1-13(2)21-11-15(20-12-21)17-10-14(18(23)19-7-9-24-3)16-6-4-5-8-22(16)17/h4-6,8,10-13H,7,9H2,1-3H3,(H,19,23). The van der Waals surface area contributed by atoms with Crippen LogP contribution in [0, 0.1) is 0 Å². The Morgan fingerprint density at radius 1 is 1.38 bits per heavy atom. The number of carbonyl (C=O) groups excluding carboxylic acids is 1. The largest absolute Gasteiger partial charge is 0.383 e. The summed E-state index contributed by atoms with van der Waals surface area (Å²) in [6, 6.07) is 8.05. The molecular weight excluding hydrogens is 304 g/mol. The van der Waals surface area contributed by atoms with E-state index >= 15 is 0 Å². The lowest BCUT2D eigenvalue weighted by Gasteiger charge is -2.04. The van der Waals surface area contributed by atoms with Gasteiger partial charge in [0.15, 0.2) is 0 Å². The SMILES string of the molecule is COCCNC(=O)c1cc(-c2cn(C(C)C)cn2)n2ccccc12. The second-order valence-electron chi connectivity index (χ2n) is 5.95. The predicted octanol–water partition coefficient (Wildman–Crippen LogP) is 2.76. The van der Waals surface area contributed by atoms with Gasteiger partial charge in [-0.2, -0.15) is 0 Å². The van der Waals surface area contributed by atoms with Gasteiger partial charge >= 0.3 is 0 Å². The van der Waals surface area contributed by atoms with Crippen LogP contribution in [0.25, 0.3) is 16.9 Å². The number of amides is 1. The molecule has 0 saturated carbocycles. The maximum absolute atomic E-state index is 12.5. The normalized spacial score (nSPS) is 11.3. The van der Waals surface area contributed by atoms with Gasteiger partial charge in [-0.25, -0.2) is 4.98 Å². The van der Waals surface area contributed by atoms with Crippen molar-refractivity contribution >= 4 is 11.4 Å². The van der Waals surface area contributed by atoms with Crippen LogP contribution in [-0.4, -0.2) is 40.1 Å². The number of ether oxygens (including phenoxy) is 1. The molecule has 3 heterocycles. The van der Waals surface area contributed by atoms with E-state index in [1.807, 2.05) is 47.4 Å². The number of hydrogen-bond donors (Lipinski definition) is 1. The topological polar surface area (TPSA) is 60.6 Å². The Kier molecular flexibility index (Phi) is 4.66. The van der Waals surface area contributed by atoms with Gasteiger partial charge in [-0.05, 0) is 32.0 Å². The van der Waals surface area contributed by atoms with Gasteiger partial charge in [0.05, 0.1) is 29.7 Å². The molecule has 0 unspecified atom stereocenters. The highest BCUT2D eigenvalue weighted by Crippen LogP contribution is 2.25. The van der Waals surface area contributed by atoms with E-state index in [-0.39, 0.29) is 5.91 Å². The van der Waals surface area contributed by atoms with Crippen molar-refractivity contribution in [1.82, 2.24) is 19.3 Å². The summed E-state index contributed by atoms with van der Waals surface area (Å²) in [4.78, 5) is 17.0. The Labute approximate surface area is 141 Å². The number of rotatable bonds is 6. The molecule has 3 aromatic rings. The molecule has 0 atom stereocenters. The molecule has 6 nitrogen and oxygen atoms in total. The third-order valence-electron chi connectivity index (χ3n) is 3.97. The number of pyridine rings is 1. The van der Waals surface area contributed by atoms with Crippen LogP contribution >= 0.6 is 0 Å². The van der Waals surface area contributed by atoms with Gasteiger partial charge in [-0.15, -0.1) is 0 Å². The molecule has 0 aliphatic rings. The molecule has 0 aliphatic heterocycles. The van der Waals surface area contributed by atoms with Gasteiger partial charge in [0.2, 0.25) is 0 Å². The van der Waals surface area contributed by atoms with Gasteiger partial charge in [0.1, 0.15) is 5.69 Å². The Morgan fingerprint density at radius 3 is 2.92 bits per heavy atom. The Hall–Kier alpha value is -2.60. The minimum Gasteiger partial charge on any atom is -0.383 e. The van der Waals surface area contributed by atoms with E-state index in [9.17, 15) is 4.79 Å². The number of methoxy groups -OCH3 is 1. The highest BCUT2D eigenvalue weighted by atomic mass is 16.5. The van der Waals surface area contributed by atoms with Crippen LogP contribution in [0.1, 0.15) is 30.2 Å². The van der Waals surface area contributed by atoms with Crippen molar-refractivity contribution in [2.75, 3.05) is 20.3 Å². The van der Waals surface area contributed by atoms with Crippen LogP contribution in [-0.2, 0) is 4.74 Å². The first kappa shape index (κ1) is 16.3. The van der Waals surface area contributed by atoms with Gasteiger partial charge < -0.3 is 19.0 Å². The van der Waals surface area contributed by atoms with Crippen molar-refractivity contribution in [3.8, 4) is 11.4 Å². The average molecular weight is 326 g/mol. The number of nitrogens with one attached hydrogen (secondary N) is 1. The fraction of sp³-hybridized carbons (Fsp3) is 0.333. The number of nitrogens with zero attached hydrogens (tertiary/aromatic N) is 3. The average Bonchev–Trinajstić information content (AvgIpc) is 3.19. The van der Waals surface area contributed by atoms with Crippen molar-refractivity contribution < 1.29 is 9.53 Å². The van der Waals surface area contributed by atoms with E-state index in [1.165, 1.54) is 0 Å². The molecule has 0 saturated heterocycles. The molecule has 24 heavy (non-hydrogen) atoms. The highest BCUT2D eigenvalue weighted by Gasteiger charge is 2.17. The first-order chi connectivity index (χ1) is 11.6. The van der Waals surface area contributed by atoms with E-state index < -0.39 is 0 Å². The van der Waals surface area contributed by atoms with Crippen LogP contribution in [0.3, 0.4) is 0 Å². The van der Waals surface area contributed by atoms with Crippen LogP contribution in [0.4, 0.5) is 0 Å². The predicted molar refractivity (Wildman–Crippen MR) is 93.2 cm³/mol. The summed E-state index contributed by atoms with van der Waals surface area (Å²) in [5, 5.41) is 2.88. The summed E-state index contributed by atoms with van der Waals surface area (Å²) in [6.45, 7) is 5.19. The summed E-state index contributed by atoms with van der Waals surface area (Å²) in [5.41, 5.74) is 3.25. The summed E-state index contributed by atoms with van der Waals surface area (Å²) >= 11 is 0. The Balaban J connectivity index is 2.01. The maximum Gasteiger partial charge on any atom is 0.253 e. The lowest BCUT2D eigenvalue weighted by Crippen LogP contribution is -2.26. The highest BCUT2D eigenvalue weighted by molar-refractivity contribution is 6.02. The zero-order chi connectivity index (χ0) is 17.1. The van der Waals surface area contributed by atoms with E-state index in [2.05, 4.69) is 28.7 Å². The number of carbonyl (C=O) groups is 1. The second kappa shape index (κ2) is 6.88. The van der Waals surface area contributed by atoms with Crippen molar-refractivity contribution in [1.29, 1.82) is 0 Å². The maximum atomic E-state index is 12.5. The quantitative estimate of drug-likeness (QED) is 0.709. The second-order valence-corrected chi connectivity index (χ2v) is 5.95. The zero-order valence-corrected chi connectivity index (χ0v) is 14.2. The number of imidazole rings is 1. The molecule has 0 aromatic carbocycles. The molecule has 0 fully saturated rings. The molecule has 3 aromatic heterocycles. The fourth-order valence-electron chi connectivity index (χ4n) is 2.65. The molecule has 0 aliphatic carbocycles. The minimum absolute atomic E-state index is 0.106. The number of fused-ring (bicyclic) bond motifs is 1. The van der Waals surface area contributed by atoms with E-state index in [4.69, 9.17) is 4.74 Å². The van der Waals surface area contributed by atoms with Gasteiger partial charge in [0.25, 0.3) is 5.91 Å². The number of aromatic nitrogens is 3. The molecule has 1 N–H and O–H groups in total. The smallest absolute Gasteiger partial charge is 0.253 e. The molecule has 1 amide bonds. The van der Waals surface area contributed by atoms with Crippen molar-refractivity contribution in [3.05, 3.63) is 48.5 Å². The third kappa shape index (κ3) is 3.05. The summed E-state index contributed by atoms with van der Waals surface area (Å²) < 4.78 is 9.03. The molecule has 6 heteroatoms. The van der Waals surface area contributed by atoms with Crippen LogP contribution < -0.4 is 5.32 Å². The van der Waals surface area contributed by atoms with Crippen molar-refractivity contribution in [2.45, 2.75) is 19.9 Å². The van der Waals surface area contributed by atoms with Gasteiger partial charge in [-0.1, -0.05) is 6.07 Å². The summed E-state index contributed by atoms with van der Waals surface area (Å²) in [5.74, 6) is -0.106. The summed E-state index contributed by atoms with van der Waals surface area (Å²) in [7, 11) is 1.61. The zero-order valence-electron chi connectivity index (χ0n) is 14.2. The number of hydrogen-bond acceptors (Lipinski definition) is 3. The van der Waals surface area contributed by atoms with E-state index in [0.29, 0.717) is 24.8 Å². The Bertz CT molecular complexity index is 848. The molecule has 126 valence electrons. The lowest BCUT2D eigenvalue weighted by molar-refractivity contribution is 0.0939. The lowest BCUT2D eigenvalue weighted by atomic mass is 10.2. The third-order valence-corrected chi connectivity index (χ3v) is 3.97. The molecule has 3 rings (SSSR count).